The molecule has 1 fully saturated rings. The Kier molecular flexibility index (Phi) is 5.22. The highest BCUT2D eigenvalue weighted by Crippen LogP contribution is 2.34. The van der Waals surface area contributed by atoms with Crippen molar-refractivity contribution < 1.29 is 14.7 Å². The zero-order chi connectivity index (χ0) is 14.5. The van der Waals surface area contributed by atoms with Gasteiger partial charge in [0, 0.05) is 12.5 Å². The molecule has 1 aliphatic rings. The minimum atomic E-state index is -1.11. The summed E-state index contributed by atoms with van der Waals surface area (Å²) in [5.41, 5.74) is 0.223. The molecule has 5 nitrogen and oxygen atoms in total. The number of urea groups is 1. The first kappa shape index (κ1) is 15.4. The van der Waals surface area contributed by atoms with Gasteiger partial charge in [-0.05, 0) is 24.7 Å². The van der Waals surface area contributed by atoms with Gasteiger partial charge in [0.25, 0.3) is 0 Å². The Labute approximate surface area is 114 Å². The summed E-state index contributed by atoms with van der Waals surface area (Å²) in [6.45, 7) is 4.36. The molecule has 0 bridgehead atoms. The highest BCUT2D eigenvalue weighted by molar-refractivity contribution is 5.82. The molecule has 0 saturated heterocycles. The molecule has 0 aromatic rings. The van der Waals surface area contributed by atoms with Gasteiger partial charge in [0.2, 0.25) is 0 Å². The highest BCUT2D eigenvalue weighted by Gasteiger charge is 2.29. The molecule has 2 atom stereocenters. The Hall–Kier alpha value is -1.70. The third-order valence-corrected chi connectivity index (χ3v) is 3.47. The van der Waals surface area contributed by atoms with E-state index < -0.39 is 18.0 Å². The largest absolute Gasteiger partial charge is 0.480 e. The fraction of sp³-hybridized carbons (Fsp3) is 0.714. The predicted octanol–water partition coefficient (Wildman–Crippen LogP) is 1.73. The Bertz CT molecular complexity index is 385. The van der Waals surface area contributed by atoms with Gasteiger partial charge in [-0.3, -0.25) is 0 Å². The van der Waals surface area contributed by atoms with Crippen LogP contribution >= 0.6 is 0 Å². The molecule has 2 unspecified atom stereocenters. The maximum absolute atomic E-state index is 11.8. The number of carbonyl (C=O) groups excluding carboxylic acids is 1. The van der Waals surface area contributed by atoms with E-state index in [4.69, 9.17) is 11.5 Å². The van der Waals surface area contributed by atoms with Crippen molar-refractivity contribution in [3.8, 4) is 12.3 Å². The standard InChI is InChI=1S/C14H22N2O3/c1-4-6-11(12(17)18)16-13(19)15-10-7-5-8-14(2,3)9-10/h1,10-11H,5-9H2,2-3H3,(H,17,18)(H2,15,16,19). The summed E-state index contributed by atoms with van der Waals surface area (Å²) in [5.74, 6) is 1.13. The lowest BCUT2D eigenvalue weighted by molar-refractivity contribution is -0.139. The third kappa shape index (κ3) is 5.21. The van der Waals surface area contributed by atoms with Gasteiger partial charge in [0.1, 0.15) is 6.04 Å². The van der Waals surface area contributed by atoms with Crippen LogP contribution in [0.2, 0.25) is 0 Å². The van der Waals surface area contributed by atoms with Gasteiger partial charge >= 0.3 is 12.0 Å². The van der Waals surface area contributed by atoms with E-state index in [2.05, 4.69) is 30.4 Å². The average Bonchev–Trinajstić information content (AvgIpc) is 2.26. The van der Waals surface area contributed by atoms with Crippen LogP contribution in [0.15, 0.2) is 0 Å². The highest BCUT2D eigenvalue weighted by atomic mass is 16.4. The topological polar surface area (TPSA) is 78.4 Å². The van der Waals surface area contributed by atoms with Crippen LogP contribution in [0.25, 0.3) is 0 Å². The maximum atomic E-state index is 11.8. The van der Waals surface area contributed by atoms with Crippen molar-refractivity contribution in [2.75, 3.05) is 0 Å². The fourth-order valence-corrected chi connectivity index (χ4v) is 2.52. The predicted molar refractivity (Wildman–Crippen MR) is 72.6 cm³/mol. The van der Waals surface area contributed by atoms with Crippen LogP contribution in [-0.2, 0) is 4.79 Å². The summed E-state index contributed by atoms with van der Waals surface area (Å²) >= 11 is 0. The van der Waals surface area contributed by atoms with E-state index in [1.165, 1.54) is 0 Å². The normalized spacial score (nSPS) is 22.9. The minimum absolute atomic E-state index is 0.0150. The van der Waals surface area contributed by atoms with Gasteiger partial charge in [0.15, 0.2) is 0 Å². The number of aliphatic carboxylic acids is 1. The zero-order valence-electron chi connectivity index (χ0n) is 11.5. The van der Waals surface area contributed by atoms with E-state index in [-0.39, 0.29) is 17.9 Å². The molecule has 3 N–H and O–H groups in total. The summed E-state index contributed by atoms with van der Waals surface area (Å²) < 4.78 is 0. The molecular formula is C14H22N2O3. The second-order valence-corrected chi connectivity index (χ2v) is 5.87. The van der Waals surface area contributed by atoms with E-state index >= 15 is 0 Å². The van der Waals surface area contributed by atoms with Crippen molar-refractivity contribution in [1.82, 2.24) is 10.6 Å². The number of nitrogens with one attached hydrogen (secondary N) is 2. The number of rotatable bonds is 4. The number of carbonyl (C=O) groups is 2. The third-order valence-electron chi connectivity index (χ3n) is 3.47. The lowest BCUT2D eigenvalue weighted by Gasteiger charge is -2.35. The summed E-state index contributed by atoms with van der Waals surface area (Å²) in [6, 6.07) is -1.38. The first-order valence-corrected chi connectivity index (χ1v) is 6.57. The van der Waals surface area contributed by atoms with Crippen LogP contribution in [0.3, 0.4) is 0 Å². The van der Waals surface area contributed by atoms with Gasteiger partial charge in [-0.25, -0.2) is 9.59 Å². The Morgan fingerprint density at radius 3 is 2.74 bits per heavy atom. The van der Waals surface area contributed by atoms with E-state index in [1.807, 2.05) is 0 Å². The SMILES string of the molecule is C#CCC(NC(=O)NC1CCCC(C)(C)C1)C(=O)O. The number of hydrogen-bond acceptors (Lipinski definition) is 2. The molecule has 0 aromatic heterocycles. The molecule has 0 aliphatic heterocycles. The molecule has 0 radical (unpaired) electrons. The second kappa shape index (κ2) is 6.46. The van der Waals surface area contributed by atoms with Crippen LogP contribution in [0, 0.1) is 17.8 Å². The molecule has 1 rings (SSSR count). The van der Waals surface area contributed by atoms with Gasteiger partial charge in [0.05, 0.1) is 0 Å². The monoisotopic (exact) mass is 266 g/mol. The first-order valence-electron chi connectivity index (χ1n) is 6.57. The molecule has 0 heterocycles. The fourth-order valence-electron chi connectivity index (χ4n) is 2.52. The van der Waals surface area contributed by atoms with Crippen molar-refractivity contribution in [3.05, 3.63) is 0 Å². The summed E-state index contributed by atoms with van der Waals surface area (Å²) in [5, 5.41) is 14.1. The van der Waals surface area contributed by atoms with Gasteiger partial charge in [-0.2, -0.15) is 0 Å². The van der Waals surface area contributed by atoms with Crippen molar-refractivity contribution in [3.63, 3.8) is 0 Å². The van der Waals surface area contributed by atoms with E-state index in [0.717, 1.165) is 25.7 Å². The maximum Gasteiger partial charge on any atom is 0.327 e. The van der Waals surface area contributed by atoms with Crippen molar-refractivity contribution >= 4 is 12.0 Å². The summed E-state index contributed by atoms with van der Waals surface area (Å²) in [7, 11) is 0. The quantitative estimate of drug-likeness (QED) is 0.678. The number of hydrogen-bond donors (Lipinski definition) is 3. The zero-order valence-corrected chi connectivity index (χ0v) is 11.5. The number of amides is 2. The van der Waals surface area contributed by atoms with Gasteiger partial charge in [-0.15, -0.1) is 12.3 Å². The van der Waals surface area contributed by atoms with Crippen LogP contribution in [0.1, 0.15) is 46.0 Å². The molecule has 2 amide bonds. The van der Waals surface area contributed by atoms with Crippen LogP contribution in [0.5, 0.6) is 0 Å². The second-order valence-electron chi connectivity index (χ2n) is 5.87. The summed E-state index contributed by atoms with van der Waals surface area (Å²) in [6.07, 6.45) is 9.14. The lowest BCUT2D eigenvalue weighted by atomic mass is 9.75. The van der Waals surface area contributed by atoms with Gasteiger partial charge < -0.3 is 15.7 Å². The lowest BCUT2D eigenvalue weighted by Crippen LogP contribution is -2.50. The average molecular weight is 266 g/mol. The van der Waals surface area contributed by atoms with E-state index in [9.17, 15) is 9.59 Å². The smallest absolute Gasteiger partial charge is 0.327 e. The minimum Gasteiger partial charge on any atom is -0.480 e. The van der Waals surface area contributed by atoms with Crippen molar-refractivity contribution in [1.29, 1.82) is 0 Å². The molecular weight excluding hydrogens is 244 g/mol. The molecule has 1 saturated carbocycles. The Balaban J connectivity index is 2.46. The Morgan fingerprint density at radius 1 is 1.53 bits per heavy atom. The molecule has 106 valence electrons. The van der Waals surface area contributed by atoms with E-state index in [0.29, 0.717) is 0 Å². The van der Waals surface area contributed by atoms with Gasteiger partial charge in [-0.1, -0.05) is 20.3 Å². The van der Waals surface area contributed by atoms with E-state index in [1.54, 1.807) is 0 Å². The molecule has 5 heteroatoms. The molecule has 19 heavy (non-hydrogen) atoms. The van der Waals surface area contributed by atoms with Crippen LogP contribution in [0.4, 0.5) is 4.79 Å². The molecule has 0 aromatic carbocycles. The first-order chi connectivity index (χ1) is 8.84. The number of terminal acetylenes is 1. The number of carboxylic acid groups (broad SMARTS) is 1. The number of carboxylic acids is 1. The summed E-state index contributed by atoms with van der Waals surface area (Å²) in [4.78, 5) is 22.6. The van der Waals surface area contributed by atoms with Crippen LogP contribution in [-0.4, -0.2) is 29.2 Å². The Morgan fingerprint density at radius 2 is 2.21 bits per heavy atom. The van der Waals surface area contributed by atoms with Crippen molar-refractivity contribution in [2.24, 2.45) is 5.41 Å². The van der Waals surface area contributed by atoms with Crippen molar-refractivity contribution in [2.45, 2.75) is 58.0 Å². The van der Waals surface area contributed by atoms with Crippen LogP contribution < -0.4 is 10.6 Å². The molecule has 1 aliphatic carbocycles. The molecule has 0 spiro atoms.